The monoisotopic (exact) mass is 427 g/mol. The van der Waals surface area contributed by atoms with E-state index in [9.17, 15) is 4.79 Å². The summed E-state index contributed by atoms with van der Waals surface area (Å²) in [5.74, 6) is -0.0532. The van der Waals surface area contributed by atoms with Gasteiger partial charge in [0.1, 0.15) is 16.3 Å². The second-order valence-electron chi connectivity index (χ2n) is 7.23. The Bertz CT molecular complexity index is 1010. The maximum Gasteiger partial charge on any atom is 0.261 e. The molecule has 7 nitrogen and oxygen atoms in total. The van der Waals surface area contributed by atoms with E-state index in [2.05, 4.69) is 25.6 Å². The van der Waals surface area contributed by atoms with E-state index < -0.39 is 0 Å². The van der Waals surface area contributed by atoms with Crippen LogP contribution in [0.1, 0.15) is 38.6 Å². The zero-order chi connectivity index (χ0) is 19.7. The van der Waals surface area contributed by atoms with Gasteiger partial charge in [0.2, 0.25) is 0 Å². The first kappa shape index (κ1) is 18.8. The van der Waals surface area contributed by atoms with Crippen LogP contribution in [0.2, 0.25) is 0 Å². The summed E-state index contributed by atoms with van der Waals surface area (Å²) >= 11 is 3.09. The molecule has 2 aliphatic heterocycles. The van der Waals surface area contributed by atoms with Crippen molar-refractivity contribution < 1.29 is 9.53 Å². The minimum atomic E-state index is -0.206. The van der Waals surface area contributed by atoms with E-state index in [-0.39, 0.29) is 11.5 Å². The third-order valence-electron chi connectivity index (χ3n) is 5.37. The van der Waals surface area contributed by atoms with Crippen LogP contribution in [-0.2, 0) is 23.3 Å². The van der Waals surface area contributed by atoms with E-state index in [1.165, 1.54) is 21.8 Å². The molecular weight excluding hydrogens is 406 g/mol. The van der Waals surface area contributed by atoms with Crippen molar-refractivity contribution in [2.24, 2.45) is 0 Å². The first-order valence-corrected chi connectivity index (χ1v) is 11.4. The quantitative estimate of drug-likeness (QED) is 0.666. The molecule has 9 heteroatoms. The second-order valence-corrected chi connectivity index (χ2v) is 9.14. The van der Waals surface area contributed by atoms with E-state index in [0.717, 1.165) is 60.2 Å². The number of nitrogens with one attached hydrogen (secondary N) is 2. The van der Waals surface area contributed by atoms with Crippen molar-refractivity contribution in [3.63, 3.8) is 0 Å². The molecule has 1 fully saturated rings. The van der Waals surface area contributed by atoms with Gasteiger partial charge in [0.05, 0.1) is 29.9 Å². The largest absolute Gasteiger partial charge is 0.369 e. The van der Waals surface area contributed by atoms with Gasteiger partial charge in [-0.15, -0.1) is 22.7 Å². The molecule has 0 saturated carbocycles. The average Bonchev–Trinajstić information content (AvgIpc) is 3.42. The molecule has 0 unspecified atom stereocenters. The minimum absolute atomic E-state index is 0.0532. The Morgan fingerprint density at radius 3 is 3.03 bits per heavy atom. The van der Waals surface area contributed by atoms with Gasteiger partial charge in [0.15, 0.2) is 0 Å². The lowest BCUT2D eigenvalue weighted by Gasteiger charge is -2.40. The third kappa shape index (κ3) is 3.71. The molecule has 3 aromatic heterocycles. The van der Waals surface area contributed by atoms with Crippen molar-refractivity contribution in [2.45, 2.75) is 31.4 Å². The Kier molecular flexibility index (Phi) is 5.13. The zero-order valence-electron chi connectivity index (χ0n) is 15.8. The molecule has 0 bridgehead atoms. The highest BCUT2D eigenvalue weighted by atomic mass is 32.1. The molecule has 5 rings (SSSR count). The van der Waals surface area contributed by atoms with E-state index in [4.69, 9.17) is 4.74 Å². The molecule has 1 amide bonds. The van der Waals surface area contributed by atoms with Gasteiger partial charge in [-0.1, -0.05) is 0 Å². The summed E-state index contributed by atoms with van der Waals surface area (Å²) in [6.07, 6.45) is 7.78. The van der Waals surface area contributed by atoms with Gasteiger partial charge in [-0.05, 0) is 44.0 Å². The van der Waals surface area contributed by atoms with Crippen LogP contribution in [0.25, 0.3) is 10.7 Å². The van der Waals surface area contributed by atoms with E-state index in [1.54, 1.807) is 29.9 Å². The molecule has 1 saturated heterocycles. The molecule has 1 spiro atoms. The number of thiophene rings is 1. The van der Waals surface area contributed by atoms with E-state index in [0.29, 0.717) is 6.54 Å². The number of aromatic nitrogens is 3. The summed E-state index contributed by atoms with van der Waals surface area (Å²) in [5, 5.41) is 9.16. The fraction of sp³-hybridized carbons (Fsp3) is 0.400. The fourth-order valence-corrected chi connectivity index (χ4v) is 6.02. The molecule has 150 valence electrons. The number of amides is 1. The Morgan fingerprint density at radius 1 is 1.31 bits per heavy atom. The molecule has 29 heavy (non-hydrogen) atoms. The predicted molar refractivity (Wildman–Crippen MR) is 112 cm³/mol. The Balaban J connectivity index is 1.28. The third-order valence-corrected chi connectivity index (χ3v) is 7.65. The van der Waals surface area contributed by atoms with Gasteiger partial charge in [-0.25, -0.2) is 4.98 Å². The number of hydrogen-bond acceptors (Lipinski definition) is 8. The molecule has 2 aliphatic rings. The molecule has 0 aromatic carbocycles. The van der Waals surface area contributed by atoms with Crippen LogP contribution in [0.4, 0.5) is 0 Å². The van der Waals surface area contributed by atoms with Crippen molar-refractivity contribution >= 4 is 28.6 Å². The first-order valence-electron chi connectivity index (χ1n) is 9.70. The second kappa shape index (κ2) is 7.91. The Labute approximate surface area is 176 Å². The SMILES string of the molecule is O=C(NCc1csc(-c2cnccn2)n1)c1cc2c(s1)C1(CCNCC1)OCC2. The lowest BCUT2D eigenvalue weighted by atomic mass is 9.86. The van der Waals surface area contributed by atoms with E-state index in [1.807, 2.05) is 11.4 Å². The summed E-state index contributed by atoms with van der Waals surface area (Å²) < 4.78 is 6.22. The lowest BCUT2D eigenvalue weighted by molar-refractivity contribution is -0.0771. The number of rotatable bonds is 4. The first-order chi connectivity index (χ1) is 14.2. The summed E-state index contributed by atoms with van der Waals surface area (Å²) in [6.45, 7) is 3.03. The zero-order valence-corrected chi connectivity index (χ0v) is 17.4. The van der Waals surface area contributed by atoms with Crippen molar-refractivity contribution in [3.8, 4) is 10.7 Å². The number of thiazole rings is 1. The summed E-state index contributed by atoms with van der Waals surface area (Å²) in [5.41, 5.74) is 2.63. The number of ether oxygens (including phenoxy) is 1. The van der Waals surface area contributed by atoms with Crippen LogP contribution in [0.5, 0.6) is 0 Å². The maximum atomic E-state index is 12.8. The Morgan fingerprint density at radius 2 is 2.21 bits per heavy atom. The van der Waals surface area contributed by atoms with Crippen LogP contribution in [0.15, 0.2) is 30.0 Å². The Hall–Kier alpha value is -2.20. The molecule has 5 heterocycles. The molecule has 2 N–H and O–H groups in total. The van der Waals surface area contributed by atoms with Crippen molar-refractivity contribution in [3.05, 3.63) is 51.0 Å². The van der Waals surface area contributed by atoms with Gasteiger partial charge in [-0.3, -0.25) is 14.8 Å². The summed E-state index contributed by atoms with van der Waals surface area (Å²) in [4.78, 5) is 27.7. The maximum absolute atomic E-state index is 12.8. The highest BCUT2D eigenvalue weighted by Gasteiger charge is 2.41. The number of hydrogen-bond donors (Lipinski definition) is 2. The molecular formula is C20H21N5O2S2. The fourth-order valence-electron chi connectivity index (χ4n) is 3.91. The van der Waals surface area contributed by atoms with Crippen LogP contribution >= 0.6 is 22.7 Å². The van der Waals surface area contributed by atoms with Crippen LogP contribution in [-0.4, -0.2) is 40.6 Å². The van der Waals surface area contributed by atoms with Gasteiger partial charge in [-0.2, -0.15) is 0 Å². The number of piperidine rings is 1. The molecule has 0 aliphatic carbocycles. The smallest absolute Gasteiger partial charge is 0.261 e. The van der Waals surface area contributed by atoms with Crippen LogP contribution < -0.4 is 10.6 Å². The molecule has 0 radical (unpaired) electrons. The summed E-state index contributed by atoms with van der Waals surface area (Å²) in [6, 6.07) is 2.05. The van der Waals surface area contributed by atoms with Crippen molar-refractivity contribution in [1.82, 2.24) is 25.6 Å². The average molecular weight is 428 g/mol. The predicted octanol–water partition coefficient (Wildman–Crippen LogP) is 2.74. The van der Waals surface area contributed by atoms with Gasteiger partial charge >= 0.3 is 0 Å². The number of carbonyl (C=O) groups is 1. The standard InChI is InChI=1S/C20H21N5O2S2/c26-18(24-10-14-12-28-19(25-14)15-11-22-6-7-23-15)16-9-13-1-8-27-20(17(13)29-16)2-4-21-5-3-20/h6-7,9,11-12,21H,1-5,8,10H2,(H,24,26). The van der Waals surface area contributed by atoms with Crippen molar-refractivity contribution in [1.29, 1.82) is 0 Å². The van der Waals surface area contributed by atoms with Crippen LogP contribution in [0.3, 0.4) is 0 Å². The minimum Gasteiger partial charge on any atom is -0.369 e. The van der Waals surface area contributed by atoms with Gasteiger partial charge in [0, 0.05) is 22.7 Å². The van der Waals surface area contributed by atoms with Gasteiger partial charge < -0.3 is 15.4 Å². The van der Waals surface area contributed by atoms with Crippen LogP contribution in [0, 0.1) is 0 Å². The number of carbonyl (C=O) groups excluding carboxylic acids is 1. The summed E-state index contributed by atoms with van der Waals surface area (Å²) in [7, 11) is 0. The molecule has 0 atom stereocenters. The number of nitrogens with zero attached hydrogens (tertiary/aromatic N) is 3. The number of fused-ring (bicyclic) bond motifs is 2. The van der Waals surface area contributed by atoms with Crippen molar-refractivity contribution in [2.75, 3.05) is 19.7 Å². The van der Waals surface area contributed by atoms with Gasteiger partial charge in [0.25, 0.3) is 5.91 Å². The molecule has 3 aromatic rings. The highest BCUT2D eigenvalue weighted by Crippen LogP contribution is 2.44. The topological polar surface area (TPSA) is 89.0 Å². The lowest BCUT2D eigenvalue weighted by Crippen LogP contribution is -2.43. The van der Waals surface area contributed by atoms with E-state index >= 15 is 0 Å². The normalized spacial score (nSPS) is 17.8. The highest BCUT2D eigenvalue weighted by molar-refractivity contribution is 7.14.